The standard InChI is InChI=1S/C24H27N2OPS/c1-26(2)21-14-11-18(12-15-21)9-10-19-13-16-22(25)23(17-19)29-24(28-27-3)20-7-5-4-6-8-20/h4-17,24,28H,25H2,1-3H3/b10-9+. The fourth-order valence-electron chi connectivity index (χ4n) is 2.85. The second-order valence-electron chi connectivity index (χ2n) is 6.85. The SMILES string of the molecule is COPC(Sc1cc(/C=C/c2ccc(N(C)C)cc2)ccc1N)c1ccccc1. The number of hydrogen-bond donors (Lipinski definition) is 1. The van der Waals surface area contributed by atoms with Crippen LogP contribution in [0.25, 0.3) is 12.2 Å². The van der Waals surface area contributed by atoms with E-state index in [4.69, 9.17) is 10.3 Å². The first-order chi connectivity index (χ1) is 14.1. The van der Waals surface area contributed by atoms with Crippen LogP contribution in [-0.4, -0.2) is 21.2 Å². The Morgan fingerprint density at radius 3 is 2.24 bits per heavy atom. The van der Waals surface area contributed by atoms with Crippen LogP contribution in [0.15, 0.2) is 77.7 Å². The summed E-state index contributed by atoms with van der Waals surface area (Å²) < 4.78 is 5.48. The molecule has 29 heavy (non-hydrogen) atoms. The van der Waals surface area contributed by atoms with E-state index >= 15 is 0 Å². The molecule has 3 aromatic carbocycles. The minimum atomic E-state index is 0.223. The molecule has 0 radical (unpaired) electrons. The molecular weight excluding hydrogens is 395 g/mol. The third kappa shape index (κ3) is 6.11. The Hall–Kier alpha value is -2.26. The maximum absolute atomic E-state index is 6.28. The molecule has 0 amide bonds. The van der Waals surface area contributed by atoms with E-state index in [1.165, 1.54) is 16.8 Å². The monoisotopic (exact) mass is 422 g/mol. The highest BCUT2D eigenvalue weighted by atomic mass is 32.2. The minimum absolute atomic E-state index is 0.223. The first kappa shape index (κ1) is 21.4. The van der Waals surface area contributed by atoms with E-state index < -0.39 is 0 Å². The predicted octanol–water partition coefficient (Wildman–Crippen LogP) is 6.54. The number of nitrogen functional groups attached to an aromatic ring is 1. The largest absolute Gasteiger partial charge is 0.398 e. The zero-order chi connectivity index (χ0) is 20.6. The highest BCUT2D eigenvalue weighted by Crippen LogP contribution is 2.49. The second-order valence-corrected chi connectivity index (χ2v) is 9.63. The molecule has 0 aromatic heterocycles. The zero-order valence-corrected chi connectivity index (χ0v) is 18.8. The summed E-state index contributed by atoms with van der Waals surface area (Å²) >= 11 is 1.76. The maximum Gasteiger partial charge on any atom is 0.0760 e. The number of thioether (sulfide) groups is 1. The van der Waals surface area contributed by atoms with Gasteiger partial charge < -0.3 is 15.2 Å². The molecular formula is C24H27N2OPS. The average Bonchev–Trinajstić information content (AvgIpc) is 2.74. The van der Waals surface area contributed by atoms with Crippen LogP contribution in [0.3, 0.4) is 0 Å². The lowest BCUT2D eigenvalue weighted by molar-refractivity contribution is 0.474. The van der Waals surface area contributed by atoms with E-state index in [0.717, 1.165) is 16.1 Å². The Morgan fingerprint density at radius 2 is 1.59 bits per heavy atom. The number of anilines is 2. The molecule has 2 atom stereocenters. The summed E-state index contributed by atoms with van der Waals surface area (Å²) in [4.78, 5) is 3.40. The van der Waals surface area contributed by atoms with Gasteiger partial charge in [-0.3, -0.25) is 0 Å². The highest BCUT2D eigenvalue weighted by Gasteiger charge is 2.15. The number of nitrogens with two attached hydrogens (primary N) is 1. The van der Waals surface area contributed by atoms with Crippen LogP contribution in [0, 0.1) is 0 Å². The molecule has 3 nitrogen and oxygen atoms in total. The summed E-state index contributed by atoms with van der Waals surface area (Å²) in [5.41, 5.74) is 11.8. The minimum Gasteiger partial charge on any atom is -0.398 e. The topological polar surface area (TPSA) is 38.5 Å². The van der Waals surface area contributed by atoms with Crippen molar-refractivity contribution in [3.05, 3.63) is 89.5 Å². The van der Waals surface area contributed by atoms with Gasteiger partial charge in [-0.1, -0.05) is 60.7 Å². The zero-order valence-electron chi connectivity index (χ0n) is 17.0. The average molecular weight is 423 g/mol. The smallest absolute Gasteiger partial charge is 0.0760 e. The Bertz CT molecular complexity index is 943. The summed E-state index contributed by atoms with van der Waals surface area (Å²) in [5.74, 6) is 0. The van der Waals surface area contributed by atoms with Gasteiger partial charge in [-0.25, -0.2) is 0 Å². The van der Waals surface area contributed by atoms with Crippen LogP contribution >= 0.6 is 20.6 Å². The third-order valence-corrected chi connectivity index (χ3v) is 7.03. The van der Waals surface area contributed by atoms with Crippen molar-refractivity contribution in [2.75, 3.05) is 31.8 Å². The van der Waals surface area contributed by atoms with Crippen LogP contribution in [0.4, 0.5) is 11.4 Å². The van der Waals surface area contributed by atoms with Gasteiger partial charge in [0, 0.05) is 46.3 Å². The molecule has 2 unspecified atom stereocenters. The second kappa shape index (κ2) is 10.5. The Kier molecular flexibility index (Phi) is 7.76. The van der Waals surface area contributed by atoms with Crippen molar-refractivity contribution < 1.29 is 4.52 Å². The van der Waals surface area contributed by atoms with Gasteiger partial charge in [-0.05, 0) is 41.0 Å². The summed E-state index contributed by atoms with van der Waals surface area (Å²) in [5, 5.41) is 0. The quantitative estimate of drug-likeness (QED) is 0.194. The van der Waals surface area contributed by atoms with Crippen molar-refractivity contribution in [1.82, 2.24) is 0 Å². The molecule has 0 bridgehead atoms. The number of benzene rings is 3. The van der Waals surface area contributed by atoms with E-state index in [0.29, 0.717) is 8.81 Å². The van der Waals surface area contributed by atoms with E-state index in [9.17, 15) is 0 Å². The van der Waals surface area contributed by atoms with Crippen molar-refractivity contribution in [3.8, 4) is 0 Å². The Morgan fingerprint density at radius 1 is 0.931 bits per heavy atom. The predicted molar refractivity (Wildman–Crippen MR) is 131 cm³/mol. The molecule has 0 saturated heterocycles. The lowest BCUT2D eigenvalue weighted by atomic mass is 10.1. The molecule has 0 saturated carbocycles. The molecule has 0 aliphatic carbocycles. The highest BCUT2D eigenvalue weighted by molar-refractivity contribution is 8.03. The molecule has 150 valence electrons. The van der Waals surface area contributed by atoms with Gasteiger partial charge in [0.25, 0.3) is 0 Å². The van der Waals surface area contributed by atoms with Crippen LogP contribution in [-0.2, 0) is 4.52 Å². The van der Waals surface area contributed by atoms with E-state index in [-0.39, 0.29) is 4.99 Å². The van der Waals surface area contributed by atoms with E-state index in [2.05, 4.69) is 77.7 Å². The van der Waals surface area contributed by atoms with Gasteiger partial charge in [0.2, 0.25) is 0 Å². The van der Waals surface area contributed by atoms with Crippen LogP contribution in [0.1, 0.15) is 21.7 Å². The van der Waals surface area contributed by atoms with Gasteiger partial charge in [-0.15, -0.1) is 11.8 Å². The van der Waals surface area contributed by atoms with Gasteiger partial charge in [-0.2, -0.15) is 0 Å². The molecule has 0 aliphatic heterocycles. The number of rotatable bonds is 8. The lowest BCUT2D eigenvalue weighted by Gasteiger charge is -2.17. The Balaban J connectivity index is 1.78. The lowest BCUT2D eigenvalue weighted by Crippen LogP contribution is -2.07. The fourth-order valence-corrected chi connectivity index (χ4v) is 5.21. The van der Waals surface area contributed by atoms with Crippen molar-refractivity contribution in [2.45, 2.75) is 9.89 Å². The number of nitrogens with zero attached hydrogens (tertiary/aromatic N) is 1. The van der Waals surface area contributed by atoms with Crippen LogP contribution < -0.4 is 10.6 Å². The first-order valence-corrected chi connectivity index (χ1v) is 11.3. The molecule has 0 aliphatic rings. The Labute approximate surface area is 179 Å². The molecule has 3 aromatic rings. The van der Waals surface area contributed by atoms with Crippen molar-refractivity contribution in [2.24, 2.45) is 0 Å². The molecule has 3 rings (SSSR count). The van der Waals surface area contributed by atoms with Crippen molar-refractivity contribution >= 4 is 44.1 Å². The van der Waals surface area contributed by atoms with Gasteiger partial charge in [0.15, 0.2) is 0 Å². The summed E-state index contributed by atoms with van der Waals surface area (Å²) in [6, 6.07) is 25.1. The molecule has 0 spiro atoms. The van der Waals surface area contributed by atoms with E-state index in [1.54, 1.807) is 18.9 Å². The summed E-state index contributed by atoms with van der Waals surface area (Å²) in [7, 11) is 6.21. The van der Waals surface area contributed by atoms with Crippen molar-refractivity contribution in [3.63, 3.8) is 0 Å². The molecule has 0 heterocycles. The molecule has 5 heteroatoms. The number of hydrogen-bond acceptors (Lipinski definition) is 4. The first-order valence-electron chi connectivity index (χ1n) is 9.42. The fraction of sp³-hybridized carbons (Fsp3) is 0.167. The van der Waals surface area contributed by atoms with Crippen LogP contribution in [0.5, 0.6) is 0 Å². The molecule has 2 N–H and O–H groups in total. The van der Waals surface area contributed by atoms with E-state index in [1.807, 2.05) is 26.2 Å². The normalized spacial score (nSPS) is 12.7. The summed E-state index contributed by atoms with van der Waals surface area (Å²) in [6.45, 7) is 0. The summed E-state index contributed by atoms with van der Waals surface area (Å²) in [6.07, 6.45) is 4.26. The van der Waals surface area contributed by atoms with Gasteiger partial charge in [0.05, 0.1) is 4.99 Å². The third-order valence-electron chi connectivity index (χ3n) is 4.49. The van der Waals surface area contributed by atoms with Gasteiger partial charge >= 0.3 is 0 Å². The van der Waals surface area contributed by atoms with Crippen LogP contribution in [0.2, 0.25) is 0 Å². The molecule has 0 fully saturated rings. The maximum atomic E-state index is 6.28. The van der Waals surface area contributed by atoms with Gasteiger partial charge in [0.1, 0.15) is 0 Å². The van der Waals surface area contributed by atoms with Crippen molar-refractivity contribution in [1.29, 1.82) is 0 Å².